The molecule has 0 aliphatic heterocycles. The molecule has 76 valence electrons. The van der Waals surface area contributed by atoms with Crippen LogP contribution in [0, 0.1) is 0 Å². The van der Waals surface area contributed by atoms with Crippen LogP contribution in [0.3, 0.4) is 0 Å². The molecule has 2 heteroatoms. The normalized spacial score (nSPS) is 12.3. The highest BCUT2D eigenvalue weighted by Crippen LogP contribution is 2.06. The molecule has 0 unspecified atom stereocenters. The van der Waals surface area contributed by atoms with Crippen LogP contribution in [0.15, 0.2) is 30.3 Å². The maximum Gasteiger partial charge on any atom is 0.0776 e. The molecule has 1 aromatic carbocycles. The van der Waals surface area contributed by atoms with Crippen molar-refractivity contribution >= 4 is 35.3 Å². The van der Waals surface area contributed by atoms with E-state index in [9.17, 15) is 0 Å². The fraction of sp³-hybridized carbons (Fsp3) is 0.333. The van der Waals surface area contributed by atoms with E-state index in [2.05, 4.69) is 72.0 Å². The zero-order valence-electron chi connectivity index (χ0n) is 9.05. The van der Waals surface area contributed by atoms with Gasteiger partial charge in [-0.3, -0.25) is 0 Å². The van der Waals surface area contributed by atoms with Crippen molar-refractivity contribution in [2.75, 3.05) is 5.33 Å². The monoisotopic (exact) mass is 268 g/mol. The molecule has 1 aromatic rings. The molecule has 0 saturated heterocycles. The second-order valence-electron chi connectivity index (χ2n) is 4.43. The van der Waals surface area contributed by atoms with Gasteiger partial charge in [0, 0.05) is 5.33 Å². The van der Waals surface area contributed by atoms with Gasteiger partial charge in [-0.1, -0.05) is 77.2 Å². The van der Waals surface area contributed by atoms with Gasteiger partial charge in [0.1, 0.15) is 0 Å². The summed E-state index contributed by atoms with van der Waals surface area (Å²) in [7, 11) is -1.15. The van der Waals surface area contributed by atoms with E-state index in [1.165, 1.54) is 10.8 Å². The van der Waals surface area contributed by atoms with Crippen LogP contribution in [0.1, 0.15) is 5.56 Å². The molecular formula is C12H17BrSi. The molecule has 0 fully saturated rings. The molecule has 0 radical (unpaired) electrons. The van der Waals surface area contributed by atoms with Gasteiger partial charge < -0.3 is 0 Å². The van der Waals surface area contributed by atoms with Crippen LogP contribution in [0.5, 0.6) is 0 Å². The minimum atomic E-state index is -1.15. The van der Waals surface area contributed by atoms with Crippen molar-refractivity contribution < 1.29 is 0 Å². The Morgan fingerprint density at radius 1 is 1.29 bits per heavy atom. The number of hydrogen-bond acceptors (Lipinski definition) is 0. The number of allylic oxidation sites excluding steroid dienone is 1. The fourth-order valence-corrected chi connectivity index (χ4v) is 2.67. The number of halogens is 1. The minimum absolute atomic E-state index is 0.921. The van der Waals surface area contributed by atoms with Crippen LogP contribution in [0.2, 0.25) is 19.6 Å². The van der Waals surface area contributed by atoms with Gasteiger partial charge in [0.15, 0.2) is 0 Å². The second kappa shape index (κ2) is 4.94. The first-order valence-corrected chi connectivity index (χ1v) is 9.49. The lowest BCUT2D eigenvalue weighted by molar-refractivity contribution is 1.64. The Morgan fingerprint density at radius 2 is 2.00 bits per heavy atom. The number of rotatable bonds is 3. The molecule has 0 heterocycles. The zero-order valence-corrected chi connectivity index (χ0v) is 11.6. The van der Waals surface area contributed by atoms with Crippen molar-refractivity contribution in [2.24, 2.45) is 0 Å². The number of alkyl halides is 1. The van der Waals surface area contributed by atoms with Gasteiger partial charge in [-0.05, 0) is 5.56 Å². The van der Waals surface area contributed by atoms with Gasteiger partial charge in [-0.2, -0.15) is 0 Å². The van der Waals surface area contributed by atoms with Gasteiger partial charge in [0.25, 0.3) is 0 Å². The Kier molecular flexibility index (Phi) is 4.14. The third-order valence-corrected chi connectivity index (χ3v) is 4.57. The van der Waals surface area contributed by atoms with Gasteiger partial charge in [-0.25, -0.2) is 0 Å². The maximum atomic E-state index is 3.39. The summed E-state index contributed by atoms with van der Waals surface area (Å²) in [5.74, 6) is 0. The number of hydrogen-bond donors (Lipinski definition) is 0. The quantitative estimate of drug-likeness (QED) is 0.580. The van der Waals surface area contributed by atoms with Gasteiger partial charge in [0.05, 0.1) is 8.07 Å². The molecule has 1 rings (SSSR count). The summed E-state index contributed by atoms with van der Waals surface area (Å²) >= 11 is 3.39. The topological polar surface area (TPSA) is 0 Å². The Balaban J connectivity index is 2.96. The summed E-state index contributed by atoms with van der Waals surface area (Å²) in [5.41, 5.74) is 1.31. The van der Waals surface area contributed by atoms with Crippen LogP contribution in [-0.2, 0) is 0 Å². The van der Waals surface area contributed by atoms with E-state index < -0.39 is 8.07 Å². The van der Waals surface area contributed by atoms with Crippen LogP contribution >= 0.6 is 15.9 Å². The number of benzene rings is 1. The summed E-state index contributed by atoms with van der Waals surface area (Å²) in [4.78, 5) is 0. The third-order valence-electron chi connectivity index (χ3n) is 2.15. The van der Waals surface area contributed by atoms with Crippen molar-refractivity contribution in [1.29, 1.82) is 0 Å². The summed E-state index contributed by atoms with van der Waals surface area (Å²) in [6.07, 6.45) is 4.29. The fourth-order valence-electron chi connectivity index (χ4n) is 1.29. The van der Waals surface area contributed by atoms with Crippen LogP contribution < -0.4 is 5.19 Å². The molecule has 0 spiro atoms. The van der Waals surface area contributed by atoms with E-state index in [1.54, 1.807) is 0 Å². The van der Waals surface area contributed by atoms with Crippen LogP contribution in [-0.4, -0.2) is 13.4 Å². The standard InChI is InChI=1S/C12H17BrSi/c1-14(2,3)12-8-4-6-11(10-12)7-5-9-13/h4-8,10H,9H2,1-3H3. The van der Waals surface area contributed by atoms with E-state index in [0.29, 0.717) is 0 Å². The Labute approximate surface area is 96.2 Å². The van der Waals surface area contributed by atoms with E-state index >= 15 is 0 Å². The SMILES string of the molecule is C[Si](C)(C)c1cccc(C=CCBr)c1. The Bertz CT molecular complexity index is 323. The van der Waals surface area contributed by atoms with Crippen molar-refractivity contribution in [2.45, 2.75) is 19.6 Å². The molecule has 0 atom stereocenters. The average molecular weight is 269 g/mol. The first-order valence-electron chi connectivity index (χ1n) is 4.87. The Hall–Kier alpha value is -0.343. The van der Waals surface area contributed by atoms with Crippen molar-refractivity contribution in [3.8, 4) is 0 Å². The third kappa shape index (κ3) is 3.43. The average Bonchev–Trinajstić information content (AvgIpc) is 2.14. The lowest BCUT2D eigenvalue weighted by Crippen LogP contribution is -2.37. The molecule has 0 saturated carbocycles. The first-order chi connectivity index (χ1) is 6.54. The minimum Gasteiger partial charge on any atom is -0.0883 e. The van der Waals surface area contributed by atoms with E-state index in [4.69, 9.17) is 0 Å². The molecule has 0 bridgehead atoms. The molecule has 0 aliphatic carbocycles. The molecule has 0 aliphatic rings. The van der Waals surface area contributed by atoms with E-state index in [0.717, 1.165) is 5.33 Å². The second-order valence-corrected chi connectivity index (χ2v) is 10.2. The highest BCUT2D eigenvalue weighted by molar-refractivity contribution is 9.09. The highest BCUT2D eigenvalue weighted by atomic mass is 79.9. The molecule has 14 heavy (non-hydrogen) atoms. The predicted octanol–water partition coefficient (Wildman–Crippen LogP) is 3.64. The molecule has 0 amide bonds. The van der Waals surface area contributed by atoms with Gasteiger partial charge in [-0.15, -0.1) is 0 Å². The van der Waals surface area contributed by atoms with Crippen molar-refractivity contribution in [3.05, 3.63) is 35.9 Å². The lowest BCUT2D eigenvalue weighted by Gasteiger charge is -2.16. The van der Waals surface area contributed by atoms with Gasteiger partial charge >= 0.3 is 0 Å². The van der Waals surface area contributed by atoms with Crippen LogP contribution in [0.4, 0.5) is 0 Å². The summed E-state index contributed by atoms with van der Waals surface area (Å²) in [5, 5.41) is 2.44. The zero-order chi connectivity index (χ0) is 10.6. The lowest BCUT2D eigenvalue weighted by atomic mass is 10.2. The van der Waals surface area contributed by atoms with E-state index in [1.807, 2.05) is 0 Å². The summed E-state index contributed by atoms with van der Waals surface area (Å²) in [6.45, 7) is 7.13. The summed E-state index contributed by atoms with van der Waals surface area (Å²) < 4.78 is 0. The first kappa shape index (κ1) is 11.7. The molecular weight excluding hydrogens is 252 g/mol. The van der Waals surface area contributed by atoms with Crippen molar-refractivity contribution in [3.63, 3.8) is 0 Å². The molecule has 0 nitrogen and oxygen atoms in total. The maximum absolute atomic E-state index is 3.39. The highest BCUT2D eigenvalue weighted by Gasteiger charge is 2.15. The molecule has 0 N–H and O–H groups in total. The largest absolute Gasteiger partial charge is 0.0883 e. The summed E-state index contributed by atoms with van der Waals surface area (Å²) in [6, 6.07) is 8.87. The molecule has 0 aromatic heterocycles. The predicted molar refractivity (Wildman–Crippen MR) is 72.3 cm³/mol. The van der Waals surface area contributed by atoms with Crippen LogP contribution in [0.25, 0.3) is 6.08 Å². The van der Waals surface area contributed by atoms with E-state index in [-0.39, 0.29) is 0 Å². The van der Waals surface area contributed by atoms with Gasteiger partial charge in [0.2, 0.25) is 0 Å². The van der Waals surface area contributed by atoms with Crippen molar-refractivity contribution in [1.82, 2.24) is 0 Å². The smallest absolute Gasteiger partial charge is 0.0776 e. The Morgan fingerprint density at radius 3 is 2.57 bits per heavy atom.